The van der Waals surface area contributed by atoms with Crippen LogP contribution in [0.3, 0.4) is 0 Å². The van der Waals surface area contributed by atoms with Gasteiger partial charge in [-0.3, -0.25) is 0 Å². The molecule has 0 fully saturated rings. The Kier molecular flexibility index (Phi) is 4.36. The molecule has 0 unspecified atom stereocenters. The molecule has 0 atom stereocenters. The number of urea groups is 1. The van der Waals surface area contributed by atoms with Gasteiger partial charge in [-0.05, 0) is 35.7 Å². The number of hydrogen-bond acceptors (Lipinski definition) is 2. The first kappa shape index (κ1) is 12.8. The van der Waals surface area contributed by atoms with Gasteiger partial charge in [0.2, 0.25) is 0 Å². The lowest BCUT2D eigenvalue weighted by molar-refractivity contribution is 0.245. The van der Waals surface area contributed by atoms with Crippen LogP contribution in [0.2, 0.25) is 5.02 Å². The molecule has 6 heteroatoms. The van der Waals surface area contributed by atoms with Gasteiger partial charge in [-0.2, -0.15) is 0 Å². The van der Waals surface area contributed by atoms with Crippen LogP contribution < -0.4 is 5.32 Å². The number of nitrogens with zero attached hydrogens (tertiary/aromatic N) is 1. The summed E-state index contributed by atoms with van der Waals surface area (Å²) in [5.74, 6) is 0.841. The molecule has 90 valence electrons. The number of halogens is 2. The van der Waals surface area contributed by atoms with E-state index in [9.17, 15) is 4.79 Å². The van der Waals surface area contributed by atoms with E-state index < -0.39 is 0 Å². The number of amides is 2. The van der Waals surface area contributed by atoms with E-state index in [2.05, 4.69) is 21.2 Å². The zero-order valence-electron chi connectivity index (χ0n) is 8.82. The van der Waals surface area contributed by atoms with Crippen molar-refractivity contribution in [2.45, 2.75) is 0 Å². The third-order valence-electron chi connectivity index (χ3n) is 2.14. The van der Waals surface area contributed by atoms with Crippen LogP contribution >= 0.6 is 39.5 Å². The van der Waals surface area contributed by atoms with Crippen LogP contribution in [0.5, 0.6) is 0 Å². The van der Waals surface area contributed by atoms with Gasteiger partial charge in [-0.25, -0.2) is 9.10 Å². The Morgan fingerprint density at radius 2 is 2.41 bits per heavy atom. The van der Waals surface area contributed by atoms with Gasteiger partial charge < -0.3 is 5.32 Å². The number of rotatable bonds is 2. The van der Waals surface area contributed by atoms with Crippen LogP contribution in [0.15, 0.2) is 36.0 Å². The Labute approximate surface area is 117 Å². The third-order valence-corrected chi connectivity index (χ3v) is 4.14. The van der Waals surface area contributed by atoms with E-state index in [-0.39, 0.29) is 6.03 Å². The molecule has 0 saturated heterocycles. The molecule has 1 aliphatic rings. The Hall–Kier alpha value is -0.650. The molecule has 2 amide bonds. The van der Waals surface area contributed by atoms with E-state index in [4.69, 9.17) is 11.6 Å². The SMILES string of the molecule is O=C(Nc1cccc(Cl)c1)N1C=C(CBr)CS1. The first-order valence-corrected chi connectivity index (χ1v) is 7.37. The fraction of sp³-hybridized carbons (Fsp3) is 0.182. The molecule has 1 aromatic carbocycles. The van der Waals surface area contributed by atoms with Gasteiger partial charge in [0.05, 0.1) is 0 Å². The highest BCUT2D eigenvalue weighted by atomic mass is 79.9. The summed E-state index contributed by atoms with van der Waals surface area (Å²) in [6, 6.07) is 6.93. The normalized spacial score (nSPS) is 14.7. The van der Waals surface area contributed by atoms with Gasteiger partial charge >= 0.3 is 6.03 Å². The van der Waals surface area contributed by atoms with Crippen molar-refractivity contribution in [3.05, 3.63) is 41.1 Å². The number of carbonyl (C=O) groups is 1. The number of benzene rings is 1. The van der Waals surface area contributed by atoms with Crippen molar-refractivity contribution >= 4 is 51.2 Å². The average molecular weight is 334 g/mol. The third kappa shape index (κ3) is 3.40. The number of anilines is 1. The topological polar surface area (TPSA) is 32.3 Å². The summed E-state index contributed by atoms with van der Waals surface area (Å²) >= 11 is 10.7. The summed E-state index contributed by atoms with van der Waals surface area (Å²) in [5, 5.41) is 4.19. The highest BCUT2D eigenvalue weighted by Gasteiger charge is 2.19. The van der Waals surface area contributed by atoms with Gasteiger partial charge in [-0.1, -0.05) is 33.6 Å². The van der Waals surface area contributed by atoms with Crippen LogP contribution in [0, 0.1) is 0 Å². The van der Waals surface area contributed by atoms with Crippen LogP contribution in [0.25, 0.3) is 0 Å². The van der Waals surface area contributed by atoms with Gasteiger partial charge in [0, 0.05) is 28.0 Å². The molecule has 0 aromatic heterocycles. The minimum absolute atomic E-state index is 0.159. The Bertz CT molecular complexity index is 467. The molecule has 1 aromatic rings. The molecule has 1 N–H and O–H groups in total. The summed E-state index contributed by atoms with van der Waals surface area (Å²) in [5.41, 5.74) is 1.89. The van der Waals surface area contributed by atoms with Crippen molar-refractivity contribution in [1.82, 2.24) is 4.31 Å². The molecule has 0 bridgehead atoms. The summed E-state index contributed by atoms with van der Waals surface area (Å²) < 4.78 is 1.59. The molecule has 17 heavy (non-hydrogen) atoms. The maximum Gasteiger partial charge on any atom is 0.336 e. The minimum atomic E-state index is -0.159. The highest BCUT2D eigenvalue weighted by molar-refractivity contribution is 9.09. The molecular formula is C11H10BrClN2OS. The Morgan fingerprint density at radius 3 is 3.06 bits per heavy atom. The van der Waals surface area contributed by atoms with Crippen LogP contribution in [0.4, 0.5) is 10.5 Å². The van der Waals surface area contributed by atoms with Crippen molar-refractivity contribution in [2.24, 2.45) is 0 Å². The van der Waals surface area contributed by atoms with Crippen LogP contribution in [0.1, 0.15) is 0 Å². The summed E-state index contributed by atoms with van der Waals surface area (Å²) in [6.45, 7) is 0. The van der Waals surface area contributed by atoms with Gasteiger partial charge in [-0.15, -0.1) is 0 Å². The monoisotopic (exact) mass is 332 g/mol. The summed E-state index contributed by atoms with van der Waals surface area (Å²) in [4.78, 5) is 11.9. The molecule has 2 rings (SSSR count). The molecule has 1 aliphatic heterocycles. The fourth-order valence-corrected chi connectivity index (χ4v) is 2.99. The smallest absolute Gasteiger partial charge is 0.307 e. The van der Waals surface area contributed by atoms with E-state index in [0.717, 1.165) is 11.1 Å². The van der Waals surface area contributed by atoms with Crippen LogP contribution in [-0.4, -0.2) is 21.4 Å². The number of nitrogens with one attached hydrogen (secondary N) is 1. The van der Waals surface area contributed by atoms with Crippen LogP contribution in [-0.2, 0) is 0 Å². The predicted molar refractivity (Wildman–Crippen MR) is 76.6 cm³/mol. The second-order valence-corrected chi connectivity index (χ2v) is 5.40. The van der Waals surface area contributed by atoms with E-state index in [1.54, 1.807) is 28.6 Å². The quantitative estimate of drug-likeness (QED) is 0.652. The molecule has 3 nitrogen and oxygen atoms in total. The van der Waals surface area contributed by atoms with E-state index in [1.807, 2.05) is 6.20 Å². The Balaban J connectivity index is 2.00. The number of carbonyl (C=O) groups excluding carboxylic acids is 1. The van der Waals surface area contributed by atoms with Crippen molar-refractivity contribution in [3.8, 4) is 0 Å². The summed E-state index contributed by atoms with van der Waals surface area (Å²) in [6.07, 6.45) is 1.85. The lowest BCUT2D eigenvalue weighted by Gasteiger charge is -2.13. The molecule has 0 aliphatic carbocycles. The lowest BCUT2D eigenvalue weighted by Crippen LogP contribution is -2.23. The van der Waals surface area contributed by atoms with Crippen molar-refractivity contribution in [1.29, 1.82) is 0 Å². The van der Waals surface area contributed by atoms with Crippen molar-refractivity contribution < 1.29 is 4.79 Å². The van der Waals surface area contributed by atoms with E-state index >= 15 is 0 Å². The molecule has 0 radical (unpaired) electrons. The average Bonchev–Trinajstić information content (AvgIpc) is 2.77. The number of hydrogen-bond donors (Lipinski definition) is 1. The molecule has 1 heterocycles. The van der Waals surface area contributed by atoms with E-state index in [0.29, 0.717) is 10.7 Å². The highest BCUT2D eigenvalue weighted by Crippen LogP contribution is 2.26. The van der Waals surface area contributed by atoms with Crippen molar-refractivity contribution in [2.75, 3.05) is 16.4 Å². The zero-order chi connectivity index (χ0) is 12.3. The predicted octanol–water partition coefficient (Wildman–Crippen LogP) is 4.11. The maximum atomic E-state index is 11.9. The largest absolute Gasteiger partial charge is 0.336 e. The van der Waals surface area contributed by atoms with E-state index in [1.165, 1.54) is 17.5 Å². The standard InChI is InChI=1S/C11H10BrClN2OS/c12-5-8-6-15(17-7-8)11(16)14-10-3-1-2-9(13)4-10/h1-4,6H,5,7H2,(H,14,16). The first-order chi connectivity index (χ1) is 8.19. The van der Waals surface area contributed by atoms with Gasteiger partial charge in [0.1, 0.15) is 0 Å². The molecular weight excluding hydrogens is 324 g/mol. The molecule has 0 saturated carbocycles. The zero-order valence-corrected chi connectivity index (χ0v) is 12.0. The second-order valence-electron chi connectivity index (χ2n) is 3.46. The van der Waals surface area contributed by atoms with Crippen molar-refractivity contribution in [3.63, 3.8) is 0 Å². The second kappa shape index (κ2) is 5.80. The lowest BCUT2D eigenvalue weighted by atomic mass is 10.3. The van der Waals surface area contributed by atoms with Gasteiger partial charge in [0.15, 0.2) is 0 Å². The maximum absolute atomic E-state index is 11.9. The minimum Gasteiger partial charge on any atom is -0.307 e. The Morgan fingerprint density at radius 1 is 1.59 bits per heavy atom. The first-order valence-electron chi connectivity index (χ1n) is 4.93. The number of alkyl halides is 1. The van der Waals surface area contributed by atoms with Gasteiger partial charge in [0.25, 0.3) is 0 Å². The fourth-order valence-electron chi connectivity index (χ4n) is 1.33. The summed E-state index contributed by atoms with van der Waals surface area (Å²) in [7, 11) is 0. The molecule has 0 spiro atoms.